The molecule has 0 aliphatic heterocycles. The fraction of sp³-hybridized carbons (Fsp3) is 0.917. The fourth-order valence-electron chi connectivity index (χ4n) is 4.66. The molecular formula is C12H17Cl3GeO2. The molecule has 18 heavy (non-hydrogen) atoms. The van der Waals surface area contributed by atoms with E-state index in [1.807, 2.05) is 0 Å². The molecule has 4 aliphatic carbocycles. The van der Waals surface area contributed by atoms with Gasteiger partial charge in [0, 0.05) is 0 Å². The number of hydrogen-bond donors (Lipinski definition) is 0. The zero-order valence-electron chi connectivity index (χ0n) is 10.1. The normalized spacial score (nSPS) is 42.1. The maximum atomic E-state index is 12.4. The van der Waals surface area contributed by atoms with Gasteiger partial charge in [-0.2, -0.15) is 0 Å². The molecule has 0 aromatic heterocycles. The molecule has 4 rings (SSSR count). The summed E-state index contributed by atoms with van der Waals surface area (Å²) in [7, 11) is 14.1. The van der Waals surface area contributed by atoms with Crippen LogP contribution in [0.25, 0.3) is 0 Å². The van der Waals surface area contributed by atoms with Crippen LogP contribution in [0.4, 0.5) is 0 Å². The molecule has 0 radical (unpaired) electrons. The van der Waals surface area contributed by atoms with E-state index in [0.29, 0.717) is 0 Å². The predicted molar refractivity (Wildman–Crippen MR) is 74.9 cm³/mol. The second-order valence-corrected chi connectivity index (χ2v) is 22.7. The van der Waals surface area contributed by atoms with E-state index in [-0.39, 0.29) is 16.8 Å². The third kappa shape index (κ3) is 2.68. The first kappa shape index (κ1) is 13.8. The van der Waals surface area contributed by atoms with Crippen LogP contribution in [0, 0.1) is 23.2 Å². The van der Waals surface area contributed by atoms with Crippen molar-refractivity contribution in [3.63, 3.8) is 0 Å². The summed E-state index contributed by atoms with van der Waals surface area (Å²) in [5, 5.41) is 0. The van der Waals surface area contributed by atoms with Crippen LogP contribution in [0.15, 0.2) is 0 Å². The summed E-state index contributed by atoms with van der Waals surface area (Å²) in [5.41, 5.74) is -0.182. The van der Waals surface area contributed by atoms with E-state index >= 15 is 0 Å². The minimum absolute atomic E-state index is 0.0469. The van der Waals surface area contributed by atoms with E-state index in [4.69, 9.17) is 34.8 Å². The number of halogens is 3. The van der Waals surface area contributed by atoms with Gasteiger partial charge in [0.2, 0.25) is 0 Å². The number of rotatable bonds is 3. The Kier molecular flexibility index (Phi) is 3.63. The summed E-state index contributed by atoms with van der Waals surface area (Å²) in [6.07, 6.45) is 6.96. The third-order valence-corrected chi connectivity index (χ3v) is 7.53. The van der Waals surface area contributed by atoms with Crippen LogP contribution in [0.2, 0.25) is 0 Å². The first-order chi connectivity index (χ1) is 8.36. The van der Waals surface area contributed by atoms with Crippen molar-refractivity contribution in [2.24, 2.45) is 23.2 Å². The quantitative estimate of drug-likeness (QED) is 0.554. The van der Waals surface area contributed by atoms with E-state index in [1.54, 1.807) is 0 Å². The molecule has 4 aliphatic rings. The van der Waals surface area contributed by atoms with Crippen molar-refractivity contribution < 1.29 is 9.53 Å². The van der Waals surface area contributed by atoms with Crippen molar-refractivity contribution in [1.29, 1.82) is 0 Å². The zero-order chi connectivity index (χ0) is 13.0. The molecular weight excluding hydrogens is 355 g/mol. The molecule has 4 fully saturated rings. The Morgan fingerprint density at radius 1 is 1.06 bits per heavy atom. The molecule has 4 saturated carbocycles. The van der Waals surface area contributed by atoms with Crippen LogP contribution in [0.5, 0.6) is 0 Å². The Morgan fingerprint density at radius 2 is 1.50 bits per heavy atom. The predicted octanol–water partition coefficient (Wildman–Crippen LogP) is 3.94. The molecule has 0 unspecified atom stereocenters. The summed E-state index contributed by atoms with van der Waals surface area (Å²) in [5.74, 6) is 2.12. The van der Waals surface area contributed by atoms with Gasteiger partial charge in [-0.05, 0) is 0 Å². The average Bonchev–Trinajstić information content (AvgIpc) is 2.22. The van der Waals surface area contributed by atoms with Gasteiger partial charge in [0.15, 0.2) is 0 Å². The standard InChI is InChI=1S/C12H17Cl3GeO2/c13-16(14,15)7-18-11(17)12-4-8-1-9(5-12)3-10(2-8)6-12/h8-10H,1-7H2. The maximum absolute atomic E-state index is 12.4. The van der Waals surface area contributed by atoms with Crippen LogP contribution >= 0.6 is 30.0 Å². The molecule has 0 aromatic carbocycles. The fourth-order valence-corrected chi connectivity index (χ4v) is 6.13. The van der Waals surface area contributed by atoms with E-state index in [2.05, 4.69) is 0 Å². The second-order valence-electron chi connectivity index (χ2n) is 6.39. The molecule has 0 atom stereocenters. The minimum atomic E-state index is -3.34. The van der Waals surface area contributed by atoms with Crippen molar-refractivity contribution in [1.82, 2.24) is 0 Å². The Hall–Kier alpha value is 0.883. The average molecular weight is 372 g/mol. The summed E-state index contributed by atoms with van der Waals surface area (Å²) in [4.78, 5) is 12.4. The van der Waals surface area contributed by atoms with Crippen molar-refractivity contribution in [3.05, 3.63) is 0 Å². The van der Waals surface area contributed by atoms with Crippen molar-refractivity contribution in [3.8, 4) is 0 Å². The molecule has 0 N–H and O–H groups in total. The van der Waals surface area contributed by atoms with Gasteiger partial charge >= 0.3 is 123 Å². The SMILES string of the molecule is O=C(O[CH2][Ge]([Cl])([Cl])[Cl])C12CC3CC(CC(C3)C1)C2. The molecule has 0 heterocycles. The van der Waals surface area contributed by atoms with Crippen molar-refractivity contribution in [2.75, 3.05) is 5.44 Å². The van der Waals surface area contributed by atoms with Crippen LogP contribution in [0.3, 0.4) is 0 Å². The Morgan fingerprint density at radius 3 is 1.89 bits per heavy atom. The summed E-state index contributed by atoms with van der Waals surface area (Å²) in [6.45, 7) is 0. The first-order valence-corrected chi connectivity index (χ1v) is 16.4. The van der Waals surface area contributed by atoms with Gasteiger partial charge in [-0.15, -0.1) is 0 Å². The number of esters is 1. The van der Waals surface area contributed by atoms with E-state index in [9.17, 15) is 4.79 Å². The number of hydrogen-bond acceptors (Lipinski definition) is 2. The van der Waals surface area contributed by atoms with Crippen molar-refractivity contribution in [2.45, 2.75) is 38.5 Å². The van der Waals surface area contributed by atoms with Gasteiger partial charge in [-0.25, -0.2) is 0 Å². The molecule has 102 valence electrons. The van der Waals surface area contributed by atoms with Gasteiger partial charge in [0.25, 0.3) is 0 Å². The summed E-state index contributed by atoms with van der Waals surface area (Å²) in [6, 6.07) is 0. The molecule has 0 amide bonds. The van der Waals surface area contributed by atoms with Crippen LogP contribution < -0.4 is 0 Å². The molecule has 6 heteroatoms. The summed E-state index contributed by atoms with van der Waals surface area (Å²) >= 11 is 0. The van der Waals surface area contributed by atoms with Gasteiger partial charge in [-0.1, -0.05) is 0 Å². The van der Waals surface area contributed by atoms with Gasteiger partial charge < -0.3 is 0 Å². The number of carbonyl (C=O) groups is 1. The number of ether oxygens (including phenoxy) is 1. The zero-order valence-corrected chi connectivity index (χ0v) is 14.5. The van der Waals surface area contributed by atoms with Crippen molar-refractivity contribution >= 4 is 46.5 Å². The Labute approximate surface area is 123 Å². The molecule has 2 nitrogen and oxygen atoms in total. The first-order valence-electron chi connectivity index (χ1n) is 6.60. The number of carbonyl (C=O) groups excluding carboxylic acids is 1. The second kappa shape index (κ2) is 4.71. The van der Waals surface area contributed by atoms with Gasteiger partial charge in [0.1, 0.15) is 0 Å². The van der Waals surface area contributed by atoms with Gasteiger partial charge in [-0.3, -0.25) is 0 Å². The van der Waals surface area contributed by atoms with Crippen LogP contribution in [-0.4, -0.2) is 21.9 Å². The van der Waals surface area contributed by atoms with E-state index in [0.717, 1.165) is 37.0 Å². The molecule has 0 aromatic rings. The third-order valence-electron chi connectivity index (χ3n) is 4.84. The van der Waals surface area contributed by atoms with E-state index in [1.165, 1.54) is 19.3 Å². The Bertz CT molecular complexity index is 332. The van der Waals surface area contributed by atoms with Crippen LogP contribution in [-0.2, 0) is 9.53 Å². The molecule has 0 saturated heterocycles. The Balaban J connectivity index is 1.69. The molecule has 4 bridgehead atoms. The van der Waals surface area contributed by atoms with E-state index < -0.39 is 10.5 Å². The monoisotopic (exact) mass is 372 g/mol. The topological polar surface area (TPSA) is 26.3 Å². The molecule has 0 spiro atoms. The van der Waals surface area contributed by atoms with Crippen LogP contribution in [0.1, 0.15) is 38.5 Å². The van der Waals surface area contributed by atoms with Gasteiger partial charge in [0.05, 0.1) is 0 Å². The summed E-state index contributed by atoms with van der Waals surface area (Å²) < 4.78 is 5.34.